The summed E-state index contributed by atoms with van der Waals surface area (Å²) in [5, 5.41) is 2.73. The van der Waals surface area contributed by atoms with Crippen LogP contribution in [0.3, 0.4) is 0 Å². The van der Waals surface area contributed by atoms with E-state index in [1.807, 2.05) is 0 Å². The summed E-state index contributed by atoms with van der Waals surface area (Å²) in [4.78, 5) is 22.6. The van der Waals surface area contributed by atoms with Crippen molar-refractivity contribution in [3.05, 3.63) is 35.4 Å². The van der Waals surface area contributed by atoms with E-state index in [0.717, 1.165) is 6.42 Å². The van der Waals surface area contributed by atoms with Crippen molar-refractivity contribution < 1.29 is 14.3 Å². The average molecular weight is 236 g/mol. The number of nitrogens with one attached hydrogen (secondary N) is 1. The van der Waals surface area contributed by atoms with Crippen LogP contribution in [0, 0.1) is 0 Å². The standard InChI is InChI=1S/C12H16N2O3/c1-17-7-3-6-14-12(16)10-5-2-4-9(8-10)11(13)15/h2,4-5,8H,3,6-7H2,1H3,(H2,13,15)(H,14,16). The van der Waals surface area contributed by atoms with Gasteiger partial charge in [0.2, 0.25) is 5.91 Å². The Morgan fingerprint density at radius 3 is 2.71 bits per heavy atom. The van der Waals surface area contributed by atoms with Gasteiger partial charge in [0.1, 0.15) is 0 Å². The van der Waals surface area contributed by atoms with Gasteiger partial charge in [-0.25, -0.2) is 0 Å². The number of carbonyl (C=O) groups excluding carboxylic acids is 2. The highest BCUT2D eigenvalue weighted by molar-refractivity contribution is 5.99. The van der Waals surface area contributed by atoms with Gasteiger partial charge in [-0.1, -0.05) is 6.07 Å². The number of ether oxygens (including phenoxy) is 1. The van der Waals surface area contributed by atoms with E-state index in [4.69, 9.17) is 10.5 Å². The van der Waals surface area contributed by atoms with Gasteiger partial charge in [-0.05, 0) is 24.6 Å². The van der Waals surface area contributed by atoms with Gasteiger partial charge in [-0.2, -0.15) is 0 Å². The van der Waals surface area contributed by atoms with Crippen molar-refractivity contribution in [2.24, 2.45) is 5.73 Å². The molecule has 0 saturated heterocycles. The lowest BCUT2D eigenvalue weighted by Gasteiger charge is -2.05. The lowest BCUT2D eigenvalue weighted by Crippen LogP contribution is -2.25. The molecule has 0 aromatic heterocycles. The van der Waals surface area contributed by atoms with E-state index in [2.05, 4.69) is 5.32 Å². The van der Waals surface area contributed by atoms with Gasteiger partial charge in [-0.15, -0.1) is 0 Å². The van der Waals surface area contributed by atoms with Crippen LogP contribution in [0.1, 0.15) is 27.1 Å². The fourth-order valence-corrected chi connectivity index (χ4v) is 1.33. The highest BCUT2D eigenvalue weighted by Crippen LogP contribution is 2.04. The SMILES string of the molecule is COCCCNC(=O)c1cccc(C(N)=O)c1. The highest BCUT2D eigenvalue weighted by Gasteiger charge is 2.07. The molecule has 1 rings (SSSR count). The molecule has 0 radical (unpaired) electrons. The molecule has 0 atom stereocenters. The second-order valence-corrected chi connectivity index (χ2v) is 3.55. The molecule has 0 aliphatic carbocycles. The molecular weight excluding hydrogens is 220 g/mol. The van der Waals surface area contributed by atoms with Crippen LogP contribution in [0.15, 0.2) is 24.3 Å². The van der Waals surface area contributed by atoms with E-state index in [0.29, 0.717) is 24.3 Å². The number of rotatable bonds is 6. The lowest BCUT2D eigenvalue weighted by atomic mass is 10.1. The molecule has 0 fully saturated rings. The third-order valence-electron chi connectivity index (χ3n) is 2.22. The number of hydrogen-bond donors (Lipinski definition) is 2. The maximum Gasteiger partial charge on any atom is 0.251 e. The molecule has 17 heavy (non-hydrogen) atoms. The van der Waals surface area contributed by atoms with E-state index >= 15 is 0 Å². The summed E-state index contributed by atoms with van der Waals surface area (Å²) in [6.45, 7) is 1.13. The number of nitrogens with two attached hydrogens (primary N) is 1. The summed E-state index contributed by atoms with van der Waals surface area (Å²) in [6.07, 6.45) is 0.748. The monoisotopic (exact) mass is 236 g/mol. The van der Waals surface area contributed by atoms with Crippen LogP contribution in [0.5, 0.6) is 0 Å². The third kappa shape index (κ3) is 4.24. The Morgan fingerprint density at radius 1 is 1.35 bits per heavy atom. The fraction of sp³-hybridized carbons (Fsp3) is 0.333. The molecular formula is C12H16N2O3. The van der Waals surface area contributed by atoms with Gasteiger partial charge in [0.25, 0.3) is 5.91 Å². The molecule has 3 N–H and O–H groups in total. The topological polar surface area (TPSA) is 81.4 Å². The maximum atomic E-state index is 11.7. The first kappa shape index (κ1) is 13.2. The van der Waals surface area contributed by atoms with E-state index < -0.39 is 5.91 Å². The molecule has 0 aliphatic rings. The van der Waals surface area contributed by atoms with Crippen LogP contribution in [0.25, 0.3) is 0 Å². The van der Waals surface area contributed by atoms with Gasteiger partial charge in [-0.3, -0.25) is 9.59 Å². The van der Waals surface area contributed by atoms with Crippen molar-refractivity contribution in [1.82, 2.24) is 5.32 Å². The molecule has 1 aromatic carbocycles. The number of amides is 2. The summed E-state index contributed by atoms with van der Waals surface area (Å²) in [5.74, 6) is -0.761. The molecule has 0 bridgehead atoms. The number of hydrogen-bond acceptors (Lipinski definition) is 3. The first-order valence-corrected chi connectivity index (χ1v) is 5.32. The van der Waals surface area contributed by atoms with E-state index in [9.17, 15) is 9.59 Å². The number of primary amides is 1. The van der Waals surface area contributed by atoms with Crippen molar-refractivity contribution in [2.45, 2.75) is 6.42 Å². The Balaban J connectivity index is 2.56. The first-order chi connectivity index (χ1) is 8.15. The maximum absolute atomic E-state index is 11.7. The second-order valence-electron chi connectivity index (χ2n) is 3.55. The summed E-state index contributed by atoms with van der Waals surface area (Å²) in [5.41, 5.74) is 5.89. The molecule has 5 nitrogen and oxygen atoms in total. The Hall–Kier alpha value is -1.88. The van der Waals surface area contributed by atoms with Crippen molar-refractivity contribution in [1.29, 1.82) is 0 Å². The molecule has 0 aliphatic heterocycles. The van der Waals surface area contributed by atoms with Gasteiger partial charge in [0.05, 0.1) is 0 Å². The largest absolute Gasteiger partial charge is 0.385 e. The minimum Gasteiger partial charge on any atom is -0.385 e. The Kier molecular flexibility index (Phi) is 5.16. The first-order valence-electron chi connectivity index (χ1n) is 5.32. The highest BCUT2D eigenvalue weighted by atomic mass is 16.5. The third-order valence-corrected chi connectivity index (χ3v) is 2.22. The number of methoxy groups -OCH3 is 1. The van der Waals surface area contributed by atoms with Gasteiger partial charge >= 0.3 is 0 Å². The zero-order valence-electron chi connectivity index (χ0n) is 9.73. The molecule has 92 valence electrons. The zero-order valence-corrected chi connectivity index (χ0v) is 9.73. The van der Waals surface area contributed by atoms with E-state index in [1.165, 1.54) is 6.07 Å². The lowest BCUT2D eigenvalue weighted by molar-refractivity contribution is 0.0948. The Labute approximate surface area is 99.9 Å². The average Bonchev–Trinajstić information content (AvgIpc) is 2.34. The van der Waals surface area contributed by atoms with Crippen molar-refractivity contribution >= 4 is 11.8 Å². The predicted molar refractivity (Wildman–Crippen MR) is 63.8 cm³/mol. The fourth-order valence-electron chi connectivity index (χ4n) is 1.33. The predicted octanol–water partition coefficient (Wildman–Crippen LogP) is 0.552. The minimum absolute atomic E-state index is 0.218. The van der Waals surface area contributed by atoms with Crippen LogP contribution in [0.2, 0.25) is 0 Å². The molecule has 0 saturated carbocycles. The van der Waals surface area contributed by atoms with Crippen molar-refractivity contribution in [3.8, 4) is 0 Å². The van der Waals surface area contributed by atoms with Crippen LogP contribution < -0.4 is 11.1 Å². The molecule has 5 heteroatoms. The van der Waals surface area contributed by atoms with Gasteiger partial charge < -0.3 is 15.8 Å². The van der Waals surface area contributed by atoms with Crippen LogP contribution >= 0.6 is 0 Å². The summed E-state index contributed by atoms with van der Waals surface area (Å²) >= 11 is 0. The quantitative estimate of drug-likeness (QED) is 0.708. The smallest absolute Gasteiger partial charge is 0.251 e. The number of benzene rings is 1. The molecule has 2 amide bonds. The summed E-state index contributed by atoms with van der Waals surface area (Å²) in [7, 11) is 1.61. The van der Waals surface area contributed by atoms with E-state index in [1.54, 1.807) is 25.3 Å². The Morgan fingerprint density at radius 2 is 2.06 bits per heavy atom. The van der Waals surface area contributed by atoms with Crippen molar-refractivity contribution in [3.63, 3.8) is 0 Å². The van der Waals surface area contributed by atoms with Gasteiger partial charge in [0.15, 0.2) is 0 Å². The normalized spacial score (nSPS) is 9.94. The van der Waals surface area contributed by atoms with Crippen molar-refractivity contribution in [2.75, 3.05) is 20.3 Å². The second kappa shape index (κ2) is 6.65. The number of carbonyl (C=O) groups is 2. The van der Waals surface area contributed by atoms with E-state index in [-0.39, 0.29) is 5.91 Å². The molecule has 0 unspecified atom stereocenters. The minimum atomic E-state index is -0.543. The molecule has 0 spiro atoms. The Bertz CT molecular complexity index is 404. The van der Waals surface area contributed by atoms with Crippen LogP contribution in [-0.4, -0.2) is 32.1 Å². The zero-order chi connectivity index (χ0) is 12.7. The summed E-state index contributed by atoms with van der Waals surface area (Å²) < 4.78 is 4.87. The van der Waals surface area contributed by atoms with Gasteiger partial charge in [0, 0.05) is 31.4 Å². The molecule has 0 heterocycles. The van der Waals surface area contributed by atoms with Crippen LogP contribution in [-0.2, 0) is 4.74 Å². The molecule has 1 aromatic rings. The summed E-state index contributed by atoms with van der Waals surface area (Å²) in [6, 6.07) is 6.32. The van der Waals surface area contributed by atoms with Crippen LogP contribution in [0.4, 0.5) is 0 Å².